The maximum atomic E-state index is 11.9. The van der Waals surface area contributed by atoms with Gasteiger partial charge in [0.2, 0.25) is 5.91 Å². The number of carbonyl (C=O) groups is 1. The fourth-order valence-corrected chi connectivity index (χ4v) is 1.85. The molecule has 0 aliphatic heterocycles. The highest BCUT2D eigenvalue weighted by atomic mass is 79.9. The number of halogens is 1. The summed E-state index contributed by atoms with van der Waals surface area (Å²) < 4.78 is 1.06. The van der Waals surface area contributed by atoms with Gasteiger partial charge in [0, 0.05) is 15.6 Å². The normalized spacial score (nSPS) is 12.4. The number of benzene rings is 1. The molecule has 0 unspecified atom stereocenters. The van der Waals surface area contributed by atoms with Crippen LogP contribution in [0.25, 0.3) is 6.08 Å². The third-order valence-electron chi connectivity index (χ3n) is 2.43. The zero-order valence-corrected chi connectivity index (χ0v) is 13.2. The molecule has 1 N–H and O–H groups in total. The van der Waals surface area contributed by atoms with Crippen molar-refractivity contribution in [1.29, 1.82) is 0 Å². The molecule has 0 fully saturated rings. The maximum Gasteiger partial charge on any atom is 0.247 e. The molecule has 98 valence electrons. The highest BCUT2D eigenvalue weighted by Gasteiger charge is 2.14. The summed E-state index contributed by atoms with van der Waals surface area (Å²) in [6.45, 7) is 9.79. The maximum absolute atomic E-state index is 11.9. The average Bonchev–Trinajstić information content (AvgIpc) is 2.21. The quantitative estimate of drug-likeness (QED) is 0.820. The van der Waals surface area contributed by atoms with E-state index in [0.717, 1.165) is 10.0 Å². The summed E-state index contributed by atoms with van der Waals surface area (Å²) in [6.07, 6.45) is 1.89. The van der Waals surface area contributed by atoms with E-state index in [4.69, 9.17) is 0 Å². The number of aryl methyl sites for hydroxylation is 1. The molecule has 1 aromatic rings. The summed E-state index contributed by atoms with van der Waals surface area (Å²) in [7, 11) is 0. The van der Waals surface area contributed by atoms with Crippen LogP contribution in [0.1, 0.15) is 38.8 Å². The van der Waals surface area contributed by atoms with Gasteiger partial charge in [-0.05, 0) is 57.9 Å². The fourth-order valence-electron chi connectivity index (χ4n) is 1.45. The summed E-state index contributed by atoms with van der Waals surface area (Å²) in [4.78, 5) is 11.9. The van der Waals surface area contributed by atoms with Gasteiger partial charge in [0.15, 0.2) is 0 Å². The number of hydrogen-bond acceptors (Lipinski definition) is 1. The molecule has 3 heteroatoms. The molecule has 1 aromatic carbocycles. The molecule has 0 radical (unpaired) electrons. The molecule has 0 heterocycles. The molecule has 0 saturated heterocycles. The lowest BCUT2D eigenvalue weighted by Crippen LogP contribution is -2.40. The van der Waals surface area contributed by atoms with Crippen LogP contribution in [0, 0.1) is 6.92 Å². The van der Waals surface area contributed by atoms with Crippen molar-refractivity contribution >= 4 is 27.9 Å². The Balaban J connectivity index is 2.88. The highest BCUT2D eigenvalue weighted by Crippen LogP contribution is 2.19. The van der Waals surface area contributed by atoms with Gasteiger partial charge in [0.1, 0.15) is 0 Å². The number of nitrogens with one attached hydrogen (secondary N) is 1. The van der Waals surface area contributed by atoms with Gasteiger partial charge < -0.3 is 5.32 Å². The molecule has 18 heavy (non-hydrogen) atoms. The van der Waals surface area contributed by atoms with Gasteiger partial charge >= 0.3 is 0 Å². The van der Waals surface area contributed by atoms with Crippen molar-refractivity contribution in [3.05, 3.63) is 39.4 Å². The van der Waals surface area contributed by atoms with Crippen LogP contribution in [0.15, 0.2) is 28.2 Å². The Hall–Kier alpha value is -1.09. The summed E-state index contributed by atoms with van der Waals surface area (Å²) >= 11 is 3.49. The molecule has 0 bridgehead atoms. The third kappa shape index (κ3) is 4.65. The van der Waals surface area contributed by atoms with Crippen molar-refractivity contribution in [3.8, 4) is 0 Å². The van der Waals surface area contributed by atoms with Crippen molar-refractivity contribution < 1.29 is 4.79 Å². The molecule has 0 aromatic heterocycles. The smallest absolute Gasteiger partial charge is 0.247 e. The molecule has 1 amide bonds. The Kier molecular flexibility index (Phi) is 4.74. The minimum absolute atomic E-state index is 0.0285. The first kappa shape index (κ1) is 15.0. The predicted molar refractivity (Wildman–Crippen MR) is 80.4 cm³/mol. The first-order chi connectivity index (χ1) is 8.19. The van der Waals surface area contributed by atoms with Crippen molar-refractivity contribution in [2.75, 3.05) is 0 Å². The lowest BCUT2D eigenvalue weighted by atomic mass is 10.1. The van der Waals surface area contributed by atoms with Gasteiger partial charge in [-0.3, -0.25) is 4.79 Å². The fraction of sp³-hybridized carbons (Fsp3) is 0.400. The van der Waals surface area contributed by atoms with Crippen LogP contribution >= 0.6 is 15.9 Å². The van der Waals surface area contributed by atoms with Gasteiger partial charge in [-0.15, -0.1) is 0 Å². The highest BCUT2D eigenvalue weighted by molar-refractivity contribution is 9.10. The molecular weight excluding hydrogens is 290 g/mol. The van der Waals surface area contributed by atoms with Crippen molar-refractivity contribution in [2.24, 2.45) is 0 Å². The standard InChI is InChI=1S/C15H20BrNO/c1-10-6-7-12(9-13(10)16)8-11(2)14(18)17-15(3,4)5/h6-9H,1-5H3,(H,17,18)/b11-8+. The van der Waals surface area contributed by atoms with Crippen LogP contribution < -0.4 is 5.32 Å². The van der Waals surface area contributed by atoms with Gasteiger partial charge in [0.05, 0.1) is 0 Å². The molecule has 0 aliphatic rings. The first-order valence-electron chi connectivity index (χ1n) is 5.96. The van der Waals surface area contributed by atoms with Crippen LogP contribution in [0.5, 0.6) is 0 Å². The SMILES string of the molecule is C/C(=C\c1ccc(C)c(Br)c1)C(=O)NC(C)(C)C. The monoisotopic (exact) mass is 309 g/mol. The van der Waals surface area contributed by atoms with Crippen LogP contribution in [0.3, 0.4) is 0 Å². The van der Waals surface area contributed by atoms with Crippen molar-refractivity contribution in [3.63, 3.8) is 0 Å². The van der Waals surface area contributed by atoms with E-state index in [1.807, 2.05) is 58.9 Å². The number of carbonyl (C=O) groups excluding carboxylic acids is 1. The van der Waals surface area contributed by atoms with E-state index in [1.54, 1.807) is 0 Å². The van der Waals surface area contributed by atoms with Crippen LogP contribution in [0.2, 0.25) is 0 Å². The van der Waals surface area contributed by atoms with E-state index in [-0.39, 0.29) is 11.4 Å². The van der Waals surface area contributed by atoms with Crippen LogP contribution in [0.4, 0.5) is 0 Å². The number of amides is 1. The molecular formula is C15H20BrNO. The molecule has 0 spiro atoms. The summed E-state index contributed by atoms with van der Waals surface area (Å²) in [5.41, 5.74) is 2.71. The van der Waals surface area contributed by atoms with Gasteiger partial charge in [0.25, 0.3) is 0 Å². The third-order valence-corrected chi connectivity index (χ3v) is 3.28. The van der Waals surface area contributed by atoms with E-state index < -0.39 is 0 Å². The second-order valence-electron chi connectivity index (χ2n) is 5.54. The molecule has 2 nitrogen and oxygen atoms in total. The average molecular weight is 310 g/mol. The Morgan fingerprint density at radius 3 is 2.44 bits per heavy atom. The Labute approximate surface area is 118 Å². The van der Waals surface area contributed by atoms with Crippen molar-refractivity contribution in [1.82, 2.24) is 5.32 Å². The van der Waals surface area contributed by atoms with E-state index in [2.05, 4.69) is 21.2 Å². The molecule has 0 aliphatic carbocycles. The Morgan fingerprint density at radius 1 is 1.33 bits per heavy atom. The van der Waals surface area contributed by atoms with Gasteiger partial charge in [-0.2, -0.15) is 0 Å². The number of hydrogen-bond donors (Lipinski definition) is 1. The van der Waals surface area contributed by atoms with E-state index in [9.17, 15) is 4.79 Å². The minimum Gasteiger partial charge on any atom is -0.348 e. The van der Waals surface area contributed by atoms with Crippen LogP contribution in [-0.2, 0) is 4.79 Å². The second-order valence-corrected chi connectivity index (χ2v) is 6.39. The lowest BCUT2D eigenvalue weighted by Gasteiger charge is -2.20. The van der Waals surface area contributed by atoms with E-state index in [1.165, 1.54) is 5.56 Å². The molecule has 0 saturated carbocycles. The molecule has 0 atom stereocenters. The number of rotatable bonds is 2. The Bertz CT molecular complexity index is 484. The summed E-state index contributed by atoms with van der Waals surface area (Å²) in [6, 6.07) is 6.06. The van der Waals surface area contributed by atoms with Crippen LogP contribution in [-0.4, -0.2) is 11.4 Å². The second kappa shape index (κ2) is 5.70. The van der Waals surface area contributed by atoms with E-state index >= 15 is 0 Å². The zero-order valence-electron chi connectivity index (χ0n) is 11.6. The van der Waals surface area contributed by atoms with Gasteiger partial charge in [-0.1, -0.05) is 28.1 Å². The zero-order chi connectivity index (χ0) is 13.9. The van der Waals surface area contributed by atoms with E-state index in [0.29, 0.717) is 5.57 Å². The topological polar surface area (TPSA) is 29.1 Å². The summed E-state index contributed by atoms with van der Waals surface area (Å²) in [5, 5.41) is 2.95. The largest absolute Gasteiger partial charge is 0.348 e. The first-order valence-corrected chi connectivity index (χ1v) is 6.75. The lowest BCUT2D eigenvalue weighted by molar-refractivity contribution is -0.118. The predicted octanol–water partition coefficient (Wildman–Crippen LogP) is 4.08. The minimum atomic E-state index is -0.208. The summed E-state index contributed by atoms with van der Waals surface area (Å²) in [5.74, 6) is -0.0285. The van der Waals surface area contributed by atoms with Gasteiger partial charge in [-0.25, -0.2) is 0 Å². The Morgan fingerprint density at radius 2 is 1.94 bits per heavy atom. The molecule has 1 rings (SSSR count). The van der Waals surface area contributed by atoms with Crippen molar-refractivity contribution in [2.45, 2.75) is 40.2 Å².